The number of carbonyl (C=O) groups excluding carboxylic acids is 1. The van der Waals surface area contributed by atoms with Gasteiger partial charge in [0.05, 0.1) is 0 Å². The highest BCUT2D eigenvalue weighted by atomic mass is 16.1. The lowest BCUT2D eigenvalue weighted by Gasteiger charge is -2.32. The number of nitrogens with zero attached hydrogens (tertiary/aromatic N) is 1. The maximum Gasteiger partial charge on any atom is 0.224 e. The Kier molecular flexibility index (Phi) is 4.14. The summed E-state index contributed by atoms with van der Waals surface area (Å²) in [6, 6.07) is 14.8. The summed E-state index contributed by atoms with van der Waals surface area (Å²) in [4.78, 5) is 14.1. The molecule has 0 spiro atoms. The average molecular weight is 294 g/mol. The molecule has 0 saturated heterocycles. The summed E-state index contributed by atoms with van der Waals surface area (Å²) in [6.07, 6.45) is 1.57. The van der Waals surface area contributed by atoms with Crippen LogP contribution in [0, 0.1) is 6.92 Å². The van der Waals surface area contributed by atoms with E-state index in [-0.39, 0.29) is 5.91 Å². The van der Waals surface area contributed by atoms with Crippen LogP contribution in [0.5, 0.6) is 0 Å². The second-order valence-corrected chi connectivity index (χ2v) is 5.79. The zero-order chi connectivity index (χ0) is 15.5. The molecular formula is C19H22N2O. The van der Waals surface area contributed by atoms with E-state index >= 15 is 0 Å². The van der Waals surface area contributed by atoms with E-state index in [2.05, 4.69) is 47.5 Å². The molecular weight excluding hydrogens is 272 g/mol. The Balaban J connectivity index is 1.87. The van der Waals surface area contributed by atoms with E-state index in [0.29, 0.717) is 6.42 Å². The second kappa shape index (κ2) is 6.22. The molecule has 2 aromatic rings. The Labute approximate surface area is 132 Å². The van der Waals surface area contributed by atoms with Crippen molar-refractivity contribution in [3.8, 4) is 0 Å². The van der Waals surface area contributed by atoms with Crippen LogP contribution in [0.1, 0.15) is 30.0 Å². The Morgan fingerprint density at radius 2 is 1.91 bits per heavy atom. The van der Waals surface area contributed by atoms with Gasteiger partial charge in [0.25, 0.3) is 0 Å². The predicted molar refractivity (Wildman–Crippen MR) is 91.3 cm³/mol. The number of fused-ring (bicyclic) bond motifs is 1. The second-order valence-electron chi connectivity index (χ2n) is 5.79. The van der Waals surface area contributed by atoms with Crippen LogP contribution in [0.3, 0.4) is 0 Å². The van der Waals surface area contributed by atoms with Crippen LogP contribution < -0.4 is 10.2 Å². The number of nitrogens with one attached hydrogen (secondary N) is 1. The molecule has 1 aliphatic heterocycles. The topological polar surface area (TPSA) is 32.3 Å². The molecule has 0 bridgehead atoms. The number of amides is 1. The molecule has 3 heteroatoms. The van der Waals surface area contributed by atoms with Gasteiger partial charge in [0.15, 0.2) is 0 Å². The fraction of sp³-hybridized carbons (Fsp3) is 0.316. The number of anilines is 2. The minimum absolute atomic E-state index is 0.0595. The molecule has 3 rings (SSSR count). The van der Waals surface area contributed by atoms with Crippen LogP contribution in [0.25, 0.3) is 0 Å². The molecule has 2 aromatic carbocycles. The van der Waals surface area contributed by atoms with E-state index < -0.39 is 0 Å². The number of rotatable bonds is 3. The van der Waals surface area contributed by atoms with Gasteiger partial charge in [-0.3, -0.25) is 4.79 Å². The third-order valence-electron chi connectivity index (χ3n) is 4.37. The van der Waals surface area contributed by atoms with E-state index in [9.17, 15) is 4.79 Å². The van der Waals surface area contributed by atoms with Crippen molar-refractivity contribution in [3.05, 3.63) is 59.2 Å². The fourth-order valence-corrected chi connectivity index (χ4v) is 3.04. The highest BCUT2D eigenvalue weighted by Crippen LogP contribution is 2.30. The summed E-state index contributed by atoms with van der Waals surface area (Å²) in [7, 11) is 0. The zero-order valence-electron chi connectivity index (χ0n) is 13.2. The number of hydrogen-bond acceptors (Lipinski definition) is 2. The standard InChI is InChI=1S/C19H22N2O/c1-3-19(22)20-17-9-6-10-18(14(17)2)21-12-11-15-7-4-5-8-16(15)13-21/h4-10H,3,11-13H2,1-2H3,(H,20,22). The normalized spacial score (nSPS) is 13.6. The van der Waals surface area contributed by atoms with Gasteiger partial charge in [0, 0.05) is 30.9 Å². The van der Waals surface area contributed by atoms with Crippen molar-refractivity contribution in [3.63, 3.8) is 0 Å². The first kappa shape index (κ1) is 14.6. The average Bonchev–Trinajstić information content (AvgIpc) is 2.56. The van der Waals surface area contributed by atoms with E-state index in [1.165, 1.54) is 16.8 Å². The molecule has 0 fully saturated rings. The highest BCUT2D eigenvalue weighted by Gasteiger charge is 2.18. The molecule has 0 aromatic heterocycles. The first-order chi connectivity index (χ1) is 10.7. The largest absolute Gasteiger partial charge is 0.367 e. The van der Waals surface area contributed by atoms with E-state index in [1.54, 1.807) is 0 Å². The third-order valence-corrected chi connectivity index (χ3v) is 4.37. The molecule has 0 unspecified atom stereocenters. The molecule has 1 amide bonds. The van der Waals surface area contributed by atoms with Crippen molar-refractivity contribution < 1.29 is 4.79 Å². The van der Waals surface area contributed by atoms with Crippen molar-refractivity contribution in [2.45, 2.75) is 33.2 Å². The SMILES string of the molecule is CCC(=O)Nc1cccc(N2CCc3ccccc3C2)c1C. The highest BCUT2D eigenvalue weighted by molar-refractivity contribution is 5.92. The summed E-state index contributed by atoms with van der Waals surface area (Å²) < 4.78 is 0. The van der Waals surface area contributed by atoms with Gasteiger partial charge in [-0.05, 0) is 42.2 Å². The molecule has 1 aliphatic rings. The van der Waals surface area contributed by atoms with Crippen LogP contribution in [0.2, 0.25) is 0 Å². The Hall–Kier alpha value is -2.29. The van der Waals surface area contributed by atoms with E-state index in [0.717, 1.165) is 30.8 Å². The molecule has 1 heterocycles. The van der Waals surface area contributed by atoms with Gasteiger partial charge in [0.1, 0.15) is 0 Å². The number of benzene rings is 2. The third kappa shape index (κ3) is 2.84. The molecule has 0 aliphatic carbocycles. The van der Waals surface area contributed by atoms with Gasteiger partial charge in [0.2, 0.25) is 5.91 Å². The van der Waals surface area contributed by atoms with Gasteiger partial charge in [-0.15, -0.1) is 0 Å². The van der Waals surface area contributed by atoms with E-state index in [1.807, 2.05) is 19.1 Å². The lowest BCUT2D eigenvalue weighted by Crippen LogP contribution is -2.31. The quantitative estimate of drug-likeness (QED) is 0.931. The van der Waals surface area contributed by atoms with Crippen molar-refractivity contribution in [1.82, 2.24) is 0 Å². The molecule has 114 valence electrons. The zero-order valence-corrected chi connectivity index (χ0v) is 13.2. The molecule has 0 saturated carbocycles. The Bertz CT molecular complexity index is 694. The van der Waals surface area contributed by atoms with Crippen LogP contribution in [-0.2, 0) is 17.8 Å². The molecule has 0 radical (unpaired) electrons. The lowest BCUT2D eigenvalue weighted by molar-refractivity contribution is -0.115. The Morgan fingerprint density at radius 3 is 2.68 bits per heavy atom. The number of hydrogen-bond donors (Lipinski definition) is 1. The van der Waals surface area contributed by atoms with Crippen LogP contribution >= 0.6 is 0 Å². The Morgan fingerprint density at radius 1 is 1.14 bits per heavy atom. The lowest BCUT2D eigenvalue weighted by atomic mass is 9.98. The summed E-state index contributed by atoms with van der Waals surface area (Å²) in [5.41, 5.74) is 6.12. The van der Waals surface area contributed by atoms with Crippen LogP contribution in [0.15, 0.2) is 42.5 Å². The first-order valence-corrected chi connectivity index (χ1v) is 7.90. The van der Waals surface area contributed by atoms with Crippen LogP contribution in [0.4, 0.5) is 11.4 Å². The summed E-state index contributed by atoms with van der Waals surface area (Å²) >= 11 is 0. The molecule has 3 nitrogen and oxygen atoms in total. The predicted octanol–water partition coefficient (Wildman–Crippen LogP) is 3.91. The minimum Gasteiger partial charge on any atom is -0.367 e. The van der Waals surface area contributed by atoms with Gasteiger partial charge < -0.3 is 10.2 Å². The van der Waals surface area contributed by atoms with Gasteiger partial charge >= 0.3 is 0 Å². The van der Waals surface area contributed by atoms with Gasteiger partial charge in [-0.2, -0.15) is 0 Å². The summed E-state index contributed by atoms with van der Waals surface area (Å²) in [5, 5.41) is 2.99. The maximum atomic E-state index is 11.7. The summed E-state index contributed by atoms with van der Waals surface area (Å²) in [6.45, 7) is 5.91. The van der Waals surface area contributed by atoms with Gasteiger partial charge in [-0.25, -0.2) is 0 Å². The number of carbonyl (C=O) groups is 1. The fourth-order valence-electron chi connectivity index (χ4n) is 3.04. The van der Waals surface area contributed by atoms with Crippen molar-refractivity contribution in [2.75, 3.05) is 16.8 Å². The van der Waals surface area contributed by atoms with Gasteiger partial charge in [-0.1, -0.05) is 37.3 Å². The van der Waals surface area contributed by atoms with Crippen molar-refractivity contribution in [1.29, 1.82) is 0 Å². The van der Waals surface area contributed by atoms with Crippen LogP contribution in [-0.4, -0.2) is 12.5 Å². The van der Waals surface area contributed by atoms with Crippen molar-refractivity contribution in [2.24, 2.45) is 0 Å². The van der Waals surface area contributed by atoms with E-state index in [4.69, 9.17) is 0 Å². The smallest absolute Gasteiger partial charge is 0.224 e. The molecule has 1 N–H and O–H groups in total. The summed E-state index contributed by atoms with van der Waals surface area (Å²) in [5.74, 6) is 0.0595. The molecule has 22 heavy (non-hydrogen) atoms. The maximum absolute atomic E-state index is 11.7. The monoisotopic (exact) mass is 294 g/mol. The molecule has 0 atom stereocenters. The van der Waals surface area contributed by atoms with Crippen molar-refractivity contribution >= 4 is 17.3 Å². The first-order valence-electron chi connectivity index (χ1n) is 7.90. The minimum atomic E-state index is 0.0595.